The SMILES string of the molecule is CCCCCc1csc(=O)[nH]1. The lowest BCUT2D eigenvalue weighted by Gasteiger charge is -1.93. The normalized spacial score (nSPS) is 10.3. The molecule has 3 heteroatoms. The van der Waals surface area contributed by atoms with Crippen molar-refractivity contribution in [1.82, 2.24) is 4.98 Å². The maximum Gasteiger partial charge on any atom is 0.304 e. The van der Waals surface area contributed by atoms with Crippen molar-refractivity contribution in [3.05, 3.63) is 20.7 Å². The first-order chi connectivity index (χ1) is 5.33. The molecule has 0 aliphatic carbocycles. The highest BCUT2D eigenvalue weighted by Gasteiger charge is 1.94. The van der Waals surface area contributed by atoms with Crippen molar-refractivity contribution in [2.75, 3.05) is 0 Å². The molecule has 0 saturated heterocycles. The summed E-state index contributed by atoms with van der Waals surface area (Å²) in [6, 6.07) is 0. The summed E-state index contributed by atoms with van der Waals surface area (Å²) in [5, 5.41) is 1.91. The van der Waals surface area contributed by atoms with Gasteiger partial charge in [0, 0.05) is 11.1 Å². The topological polar surface area (TPSA) is 32.9 Å². The zero-order chi connectivity index (χ0) is 8.10. The number of aromatic amines is 1. The van der Waals surface area contributed by atoms with Crippen LogP contribution in [0.25, 0.3) is 0 Å². The van der Waals surface area contributed by atoms with Gasteiger partial charge in [-0.25, -0.2) is 0 Å². The third-order valence-corrected chi connectivity index (χ3v) is 2.34. The molecule has 0 aliphatic rings. The molecule has 1 rings (SSSR count). The summed E-state index contributed by atoms with van der Waals surface area (Å²) < 4.78 is 0. The van der Waals surface area contributed by atoms with Gasteiger partial charge in [0.05, 0.1) is 0 Å². The number of nitrogens with one attached hydrogen (secondary N) is 1. The van der Waals surface area contributed by atoms with Crippen LogP contribution in [0.1, 0.15) is 31.9 Å². The first-order valence-electron chi connectivity index (χ1n) is 3.99. The molecule has 1 aromatic heterocycles. The van der Waals surface area contributed by atoms with Gasteiger partial charge in [0.1, 0.15) is 0 Å². The fourth-order valence-corrected chi connectivity index (χ4v) is 1.62. The monoisotopic (exact) mass is 171 g/mol. The van der Waals surface area contributed by atoms with Crippen molar-refractivity contribution >= 4 is 11.3 Å². The van der Waals surface area contributed by atoms with Gasteiger partial charge >= 0.3 is 4.87 Å². The minimum atomic E-state index is 0.0662. The number of aryl methyl sites for hydroxylation is 1. The Kier molecular flexibility index (Phi) is 3.36. The molecule has 0 aliphatic heterocycles. The fourth-order valence-electron chi connectivity index (χ4n) is 1.00. The predicted molar refractivity (Wildman–Crippen MR) is 48.2 cm³/mol. The van der Waals surface area contributed by atoms with E-state index in [9.17, 15) is 4.79 Å². The molecule has 0 fully saturated rings. The predicted octanol–water partition coefficient (Wildman–Crippen LogP) is 2.17. The van der Waals surface area contributed by atoms with Crippen LogP contribution in [0.4, 0.5) is 0 Å². The molecule has 1 heterocycles. The molecule has 62 valence electrons. The molecule has 11 heavy (non-hydrogen) atoms. The summed E-state index contributed by atoms with van der Waals surface area (Å²) in [7, 11) is 0. The molecule has 0 atom stereocenters. The van der Waals surface area contributed by atoms with E-state index < -0.39 is 0 Å². The lowest BCUT2D eigenvalue weighted by Crippen LogP contribution is -1.95. The summed E-state index contributed by atoms with van der Waals surface area (Å²) in [6.45, 7) is 2.18. The number of thiazole rings is 1. The van der Waals surface area contributed by atoms with Crippen LogP contribution in [0.3, 0.4) is 0 Å². The van der Waals surface area contributed by atoms with Gasteiger partial charge in [0.15, 0.2) is 0 Å². The summed E-state index contributed by atoms with van der Waals surface area (Å²) in [5.41, 5.74) is 1.09. The van der Waals surface area contributed by atoms with E-state index in [1.807, 2.05) is 5.38 Å². The van der Waals surface area contributed by atoms with E-state index in [0.717, 1.165) is 12.1 Å². The Hall–Kier alpha value is -0.570. The molecule has 0 amide bonds. The Balaban J connectivity index is 2.33. The van der Waals surface area contributed by atoms with E-state index >= 15 is 0 Å². The van der Waals surface area contributed by atoms with Crippen molar-refractivity contribution in [1.29, 1.82) is 0 Å². The number of unbranched alkanes of at least 4 members (excludes halogenated alkanes) is 2. The lowest BCUT2D eigenvalue weighted by atomic mass is 10.2. The van der Waals surface area contributed by atoms with Gasteiger partial charge in [0.25, 0.3) is 0 Å². The van der Waals surface area contributed by atoms with Crippen molar-refractivity contribution in [2.45, 2.75) is 32.6 Å². The molecule has 0 unspecified atom stereocenters. The number of rotatable bonds is 4. The van der Waals surface area contributed by atoms with Crippen molar-refractivity contribution < 1.29 is 0 Å². The smallest absolute Gasteiger partial charge is 0.304 e. The van der Waals surface area contributed by atoms with Gasteiger partial charge in [0.2, 0.25) is 0 Å². The highest BCUT2D eigenvalue weighted by Crippen LogP contribution is 2.03. The highest BCUT2D eigenvalue weighted by atomic mass is 32.1. The standard InChI is InChI=1S/C8H13NOS/c1-2-3-4-5-7-6-11-8(10)9-7/h6H,2-5H2,1H3,(H,9,10). The minimum absolute atomic E-state index is 0.0662. The summed E-state index contributed by atoms with van der Waals surface area (Å²) in [4.78, 5) is 13.6. The Morgan fingerprint density at radius 1 is 1.55 bits per heavy atom. The zero-order valence-electron chi connectivity index (χ0n) is 6.72. The van der Waals surface area contributed by atoms with Crippen LogP contribution < -0.4 is 4.87 Å². The summed E-state index contributed by atoms with van der Waals surface area (Å²) in [6.07, 6.45) is 4.68. The third kappa shape index (κ3) is 2.89. The maximum absolute atomic E-state index is 10.7. The Bertz CT molecular complexity index is 251. The number of hydrogen-bond donors (Lipinski definition) is 1. The molecular formula is C8H13NOS. The molecule has 0 spiro atoms. The molecule has 0 aromatic carbocycles. The number of hydrogen-bond acceptors (Lipinski definition) is 2. The third-order valence-electron chi connectivity index (χ3n) is 1.62. The first kappa shape index (κ1) is 8.53. The van der Waals surface area contributed by atoms with Gasteiger partial charge in [-0.15, -0.1) is 0 Å². The van der Waals surface area contributed by atoms with E-state index in [-0.39, 0.29) is 4.87 Å². The lowest BCUT2D eigenvalue weighted by molar-refractivity contribution is 0.709. The van der Waals surface area contributed by atoms with Gasteiger partial charge in [-0.1, -0.05) is 31.1 Å². The molecule has 1 N–H and O–H groups in total. The van der Waals surface area contributed by atoms with Crippen LogP contribution in [0.5, 0.6) is 0 Å². The van der Waals surface area contributed by atoms with E-state index in [4.69, 9.17) is 0 Å². The van der Waals surface area contributed by atoms with Crippen LogP contribution >= 0.6 is 11.3 Å². The second-order valence-electron chi connectivity index (χ2n) is 2.63. The number of aromatic nitrogens is 1. The molecular weight excluding hydrogens is 158 g/mol. The Morgan fingerprint density at radius 2 is 2.36 bits per heavy atom. The zero-order valence-corrected chi connectivity index (χ0v) is 7.54. The van der Waals surface area contributed by atoms with Crippen LogP contribution in [0.15, 0.2) is 10.2 Å². The van der Waals surface area contributed by atoms with Crippen molar-refractivity contribution in [3.8, 4) is 0 Å². The minimum Gasteiger partial charge on any atom is -0.317 e. The van der Waals surface area contributed by atoms with E-state index in [1.54, 1.807) is 0 Å². The molecule has 0 radical (unpaired) electrons. The molecule has 0 bridgehead atoms. The second-order valence-corrected chi connectivity index (χ2v) is 3.47. The fraction of sp³-hybridized carbons (Fsp3) is 0.625. The van der Waals surface area contributed by atoms with Crippen LogP contribution in [0, 0.1) is 0 Å². The van der Waals surface area contributed by atoms with Crippen LogP contribution in [0.2, 0.25) is 0 Å². The summed E-state index contributed by atoms with van der Waals surface area (Å²) in [5.74, 6) is 0. The average molecular weight is 171 g/mol. The van der Waals surface area contributed by atoms with E-state index in [0.29, 0.717) is 0 Å². The highest BCUT2D eigenvalue weighted by molar-refractivity contribution is 7.07. The molecule has 2 nitrogen and oxygen atoms in total. The maximum atomic E-state index is 10.7. The van der Waals surface area contributed by atoms with E-state index in [1.165, 1.54) is 30.6 Å². The van der Waals surface area contributed by atoms with Crippen LogP contribution in [-0.2, 0) is 6.42 Å². The van der Waals surface area contributed by atoms with E-state index in [2.05, 4.69) is 11.9 Å². The van der Waals surface area contributed by atoms with Crippen LogP contribution in [-0.4, -0.2) is 4.98 Å². The van der Waals surface area contributed by atoms with Gasteiger partial charge < -0.3 is 4.98 Å². The van der Waals surface area contributed by atoms with Gasteiger partial charge in [-0.2, -0.15) is 0 Å². The Morgan fingerprint density at radius 3 is 2.91 bits per heavy atom. The first-order valence-corrected chi connectivity index (χ1v) is 4.87. The molecule has 1 aromatic rings. The molecule has 0 saturated carbocycles. The van der Waals surface area contributed by atoms with Crippen molar-refractivity contribution in [2.24, 2.45) is 0 Å². The second kappa shape index (κ2) is 4.34. The van der Waals surface area contributed by atoms with Gasteiger partial charge in [-0.05, 0) is 12.8 Å². The summed E-state index contributed by atoms with van der Waals surface area (Å²) >= 11 is 1.25. The number of H-pyrrole nitrogens is 1. The van der Waals surface area contributed by atoms with Crippen molar-refractivity contribution in [3.63, 3.8) is 0 Å². The largest absolute Gasteiger partial charge is 0.317 e. The van der Waals surface area contributed by atoms with Gasteiger partial charge in [-0.3, -0.25) is 4.79 Å². The average Bonchev–Trinajstić information content (AvgIpc) is 2.37. The quantitative estimate of drug-likeness (QED) is 0.692. The Labute approximate surface area is 70.3 Å².